The summed E-state index contributed by atoms with van der Waals surface area (Å²) < 4.78 is 4.99. The van der Waals surface area contributed by atoms with E-state index in [0.29, 0.717) is 11.7 Å². The van der Waals surface area contributed by atoms with Crippen LogP contribution in [0.5, 0.6) is 5.88 Å². The Morgan fingerprint density at radius 1 is 1.67 bits per heavy atom. The quantitative estimate of drug-likeness (QED) is 0.733. The second-order valence-corrected chi connectivity index (χ2v) is 3.91. The van der Waals surface area contributed by atoms with Crippen LogP contribution < -0.4 is 5.76 Å². The first-order valence-corrected chi connectivity index (χ1v) is 5.31. The van der Waals surface area contributed by atoms with E-state index in [2.05, 4.69) is 24.1 Å². The summed E-state index contributed by atoms with van der Waals surface area (Å²) in [4.78, 5) is 13.2. The molecule has 2 N–H and O–H groups in total. The Hall–Kier alpha value is -1.45. The van der Waals surface area contributed by atoms with Crippen LogP contribution in [0.2, 0.25) is 0 Å². The van der Waals surface area contributed by atoms with Gasteiger partial charge in [0.15, 0.2) is 5.76 Å². The topological polar surface area (TPSA) is 66.2 Å². The van der Waals surface area contributed by atoms with Gasteiger partial charge in [-0.3, -0.25) is 4.98 Å². The van der Waals surface area contributed by atoms with E-state index in [1.807, 2.05) is 0 Å². The molecule has 1 heterocycles. The van der Waals surface area contributed by atoms with Crippen molar-refractivity contribution in [2.24, 2.45) is 5.92 Å². The highest BCUT2D eigenvalue weighted by molar-refractivity contribution is 5.21. The summed E-state index contributed by atoms with van der Waals surface area (Å²) in [7, 11) is 0. The van der Waals surface area contributed by atoms with E-state index < -0.39 is 5.76 Å². The van der Waals surface area contributed by atoms with Gasteiger partial charge in [-0.1, -0.05) is 19.1 Å². The fourth-order valence-corrected chi connectivity index (χ4v) is 2.22. The molecule has 2 rings (SSSR count). The van der Waals surface area contributed by atoms with E-state index in [1.165, 1.54) is 0 Å². The Morgan fingerprint density at radius 2 is 2.47 bits per heavy atom. The van der Waals surface area contributed by atoms with Gasteiger partial charge in [-0.25, -0.2) is 4.79 Å². The molecule has 0 radical (unpaired) electrons. The van der Waals surface area contributed by atoms with Gasteiger partial charge >= 0.3 is 5.76 Å². The average Bonchev–Trinajstić information content (AvgIpc) is 2.57. The highest BCUT2D eigenvalue weighted by Gasteiger charge is 2.28. The maximum Gasteiger partial charge on any atom is 0.419 e. The van der Waals surface area contributed by atoms with Crippen LogP contribution in [0.4, 0.5) is 0 Å². The first-order chi connectivity index (χ1) is 7.22. The van der Waals surface area contributed by atoms with Gasteiger partial charge in [-0.15, -0.1) is 0 Å². The Morgan fingerprint density at radius 3 is 3.07 bits per heavy atom. The molecule has 15 heavy (non-hydrogen) atoms. The predicted molar refractivity (Wildman–Crippen MR) is 55.9 cm³/mol. The van der Waals surface area contributed by atoms with Gasteiger partial charge in [0.1, 0.15) is 0 Å². The van der Waals surface area contributed by atoms with Gasteiger partial charge in [0.05, 0.1) is 0 Å². The Bertz CT molecular complexity index is 416. The van der Waals surface area contributed by atoms with Crippen LogP contribution in [0, 0.1) is 5.92 Å². The standard InChI is InChI=1S/C11H15NO3/c1-2-7-5-3-4-6-8(7)9-10(13)12-11(14)15-9/h3,5,7-8,13H,2,4,6H2,1H3,(H,12,14)/t7-,8+/m0/s1. The molecule has 0 amide bonds. The number of aromatic amines is 1. The first kappa shape index (κ1) is 10.1. The summed E-state index contributed by atoms with van der Waals surface area (Å²) in [6.07, 6.45) is 7.15. The third kappa shape index (κ3) is 1.84. The molecule has 1 aliphatic carbocycles. The Labute approximate surface area is 87.6 Å². The smallest absolute Gasteiger partial charge is 0.419 e. The number of nitrogens with one attached hydrogen (secondary N) is 1. The number of hydrogen-bond acceptors (Lipinski definition) is 3. The molecule has 1 aliphatic rings. The third-order valence-electron chi connectivity index (χ3n) is 3.01. The normalized spacial score (nSPS) is 25.7. The minimum Gasteiger partial charge on any atom is -0.492 e. The van der Waals surface area contributed by atoms with E-state index in [9.17, 15) is 9.90 Å². The fraction of sp³-hybridized carbons (Fsp3) is 0.545. The monoisotopic (exact) mass is 209 g/mol. The molecule has 0 aromatic carbocycles. The van der Waals surface area contributed by atoms with Crippen molar-refractivity contribution in [2.45, 2.75) is 32.1 Å². The van der Waals surface area contributed by atoms with Gasteiger partial charge in [0.2, 0.25) is 5.88 Å². The van der Waals surface area contributed by atoms with Crippen molar-refractivity contribution in [3.8, 4) is 5.88 Å². The van der Waals surface area contributed by atoms with Crippen LogP contribution in [0.25, 0.3) is 0 Å². The van der Waals surface area contributed by atoms with Gasteiger partial charge in [-0.05, 0) is 25.2 Å². The summed E-state index contributed by atoms with van der Waals surface area (Å²) >= 11 is 0. The molecule has 0 bridgehead atoms. The van der Waals surface area contributed by atoms with Crippen LogP contribution in [0.1, 0.15) is 37.9 Å². The zero-order valence-electron chi connectivity index (χ0n) is 8.69. The molecule has 82 valence electrons. The summed E-state index contributed by atoms with van der Waals surface area (Å²) in [6.45, 7) is 2.09. The van der Waals surface area contributed by atoms with Gasteiger partial charge in [0, 0.05) is 5.92 Å². The van der Waals surface area contributed by atoms with Gasteiger partial charge < -0.3 is 9.52 Å². The van der Waals surface area contributed by atoms with E-state index in [0.717, 1.165) is 19.3 Å². The number of oxazole rings is 1. The minimum atomic E-state index is -0.577. The second kappa shape index (κ2) is 3.96. The lowest BCUT2D eigenvalue weighted by molar-refractivity contribution is 0.337. The van der Waals surface area contributed by atoms with Crippen molar-refractivity contribution >= 4 is 0 Å². The number of rotatable bonds is 2. The predicted octanol–water partition coefficient (Wildman–Crippen LogP) is 2.13. The summed E-state index contributed by atoms with van der Waals surface area (Å²) in [6, 6.07) is 0. The maximum absolute atomic E-state index is 10.9. The molecule has 0 unspecified atom stereocenters. The first-order valence-electron chi connectivity index (χ1n) is 5.31. The van der Waals surface area contributed by atoms with Crippen molar-refractivity contribution < 1.29 is 9.52 Å². The highest BCUT2D eigenvalue weighted by atomic mass is 16.4. The molecule has 4 heteroatoms. The number of allylic oxidation sites excluding steroid dienone is 2. The second-order valence-electron chi connectivity index (χ2n) is 3.91. The number of hydrogen-bond donors (Lipinski definition) is 2. The van der Waals surface area contributed by atoms with Crippen LogP contribution in [0.15, 0.2) is 21.4 Å². The van der Waals surface area contributed by atoms with Crippen LogP contribution >= 0.6 is 0 Å². The van der Waals surface area contributed by atoms with Crippen LogP contribution in [-0.2, 0) is 0 Å². The van der Waals surface area contributed by atoms with Crippen molar-refractivity contribution in [1.82, 2.24) is 4.98 Å². The molecule has 0 spiro atoms. The van der Waals surface area contributed by atoms with Crippen molar-refractivity contribution in [2.75, 3.05) is 0 Å². The number of H-pyrrole nitrogens is 1. The Kier molecular flexibility index (Phi) is 2.66. The molecule has 0 saturated carbocycles. The maximum atomic E-state index is 10.9. The molecule has 2 atom stereocenters. The Balaban J connectivity index is 2.33. The van der Waals surface area contributed by atoms with Gasteiger partial charge in [-0.2, -0.15) is 0 Å². The lowest BCUT2D eigenvalue weighted by atomic mass is 9.81. The molecular weight excluding hydrogens is 194 g/mol. The zero-order chi connectivity index (χ0) is 10.8. The number of aromatic hydroxyl groups is 1. The molecule has 0 aliphatic heterocycles. The largest absolute Gasteiger partial charge is 0.492 e. The van der Waals surface area contributed by atoms with Crippen molar-refractivity contribution in [3.05, 3.63) is 28.5 Å². The minimum absolute atomic E-state index is 0.112. The van der Waals surface area contributed by atoms with Gasteiger partial charge in [0.25, 0.3) is 0 Å². The van der Waals surface area contributed by atoms with Crippen LogP contribution in [-0.4, -0.2) is 10.1 Å². The van der Waals surface area contributed by atoms with Crippen molar-refractivity contribution in [1.29, 1.82) is 0 Å². The van der Waals surface area contributed by atoms with E-state index in [-0.39, 0.29) is 11.8 Å². The molecule has 0 saturated heterocycles. The number of aromatic nitrogens is 1. The third-order valence-corrected chi connectivity index (χ3v) is 3.01. The summed E-state index contributed by atoms with van der Waals surface area (Å²) in [5.41, 5.74) is 0. The lowest BCUT2D eigenvalue weighted by Crippen LogP contribution is -2.13. The summed E-state index contributed by atoms with van der Waals surface area (Å²) in [5, 5.41) is 9.52. The fourth-order valence-electron chi connectivity index (χ4n) is 2.22. The molecule has 4 nitrogen and oxygen atoms in total. The molecular formula is C11H15NO3. The van der Waals surface area contributed by atoms with Crippen LogP contribution in [0.3, 0.4) is 0 Å². The highest BCUT2D eigenvalue weighted by Crippen LogP contribution is 2.38. The summed E-state index contributed by atoms with van der Waals surface area (Å²) in [5.74, 6) is 0.199. The average molecular weight is 209 g/mol. The van der Waals surface area contributed by atoms with E-state index in [4.69, 9.17) is 4.42 Å². The van der Waals surface area contributed by atoms with E-state index >= 15 is 0 Å². The molecule has 1 aromatic rings. The van der Waals surface area contributed by atoms with Crippen molar-refractivity contribution in [3.63, 3.8) is 0 Å². The molecule has 1 aromatic heterocycles. The lowest BCUT2D eigenvalue weighted by Gasteiger charge is -2.24. The van der Waals surface area contributed by atoms with E-state index in [1.54, 1.807) is 0 Å². The SMILES string of the molecule is CC[C@H]1C=CCC[C@H]1c1oc(=O)[nH]c1O. The zero-order valence-corrected chi connectivity index (χ0v) is 8.69. The molecule has 0 fully saturated rings.